The maximum Gasteiger partial charge on any atom is 0.269 e. The third-order valence-electron chi connectivity index (χ3n) is 5.32. The summed E-state index contributed by atoms with van der Waals surface area (Å²) in [4.78, 5) is 25.3. The van der Waals surface area contributed by atoms with Gasteiger partial charge in [0.2, 0.25) is 0 Å². The molecule has 0 bridgehead atoms. The molecule has 0 fully saturated rings. The van der Waals surface area contributed by atoms with Gasteiger partial charge in [-0.05, 0) is 46.9 Å². The molecule has 1 heterocycles. The lowest BCUT2D eigenvalue weighted by Crippen LogP contribution is -2.35. The zero-order valence-electron chi connectivity index (χ0n) is 14.8. The lowest BCUT2D eigenvalue weighted by atomic mass is 10.0. The van der Waals surface area contributed by atoms with E-state index in [0.29, 0.717) is 9.87 Å². The largest absolute Gasteiger partial charge is 0.292 e. The zero-order valence-corrected chi connectivity index (χ0v) is 15.6. The third kappa shape index (κ3) is 2.34. The van der Waals surface area contributed by atoms with Crippen molar-refractivity contribution in [1.29, 1.82) is 0 Å². The molecular formula is C22H15NO4S. The highest BCUT2D eigenvalue weighted by Crippen LogP contribution is 2.37. The number of nitrogens with zero attached hydrogens (tertiary/aromatic N) is 1. The first-order chi connectivity index (χ1) is 13.5. The van der Waals surface area contributed by atoms with Crippen LogP contribution in [0.15, 0.2) is 71.6 Å². The summed E-state index contributed by atoms with van der Waals surface area (Å²) >= 11 is 0. The van der Waals surface area contributed by atoms with E-state index in [4.69, 9.17) is 0 Å². The molecule has 3 aromatic carbocycles. The van der Waals surface area contributed by atoms with Gasteiger partial charge in [-0.25, -0.2) is 12.7 Å². The van der Waals surface area contributed by atoms with Crippen molar-refractivity contribution in [2.75, 3.05) is 6.54 Å². The van der Waals surface area contributed by atoms with Gasteiger partial charge in [0, 0.05) is 5.56 Å². The topological polar surface area (TPSA) is 71.5 Å². The number of carbonyl (C=O) groups excluding carboxylic acids is 2. The molecule has 3 aromatic rings. The fourth-order valence-electron chi connectivity index (χ4n) is 3.91. The van der Waals surface area contributed by atoms with Gasteiger partial charge >= 0.3 is 0 Å². The minimum Gasteiger partial charge on any atom is -0.292 e. The number of carbonyl (C=O) groups is 2. The number of fused-ring (bicyclic) bond motifs is 4. The minimum atomic E-state index is -4.00. The minimum absolute atomic E-state index is 0.0457. The van der Waals surface area contributed by atoms with Crippen molar-refractivity contribution in [1.82, 2.24) is 4.31 Å². The molecule has 0 saturated carbocycles. The van der Waals surface area contributed by atoms with E-state index in [1.165, 1.54) is 17.7 Å². The number of Topliss-reactive ketones (excluding diaryl/α,β-unsaturated/α-hetero) is 1. The van der Waals surface area contributed by atoms with E-state index in [2.05, 4.69) is 6.07 Å². The van der Waals surface area contributed by atoms with E-state index in [9.17, 15) is 18.0 Å². The molecular weight excluding hydrogens is 374 g/mol. The fourth-order valence-corrected chi connectivity index (χ4v) is 5.43. The summed E-state index contributed by atoms with van der Waals surface area (Å²) in [5.74, 6) is -1.06. The lowest BCUT2D eigenvalue weighted by molar-refractivity contribution is 0.0820. The smallest absolute Gasteiger partial charge is 0.269 e. The standard InChI is InChI=1S/C22H15NO4S/c24-20(13-23-22(25)18-7-3-4-8-21(18)28(23,26)27)16-10-9-15-11-14-5-1-2-6-17(14)19(15)12-16/h1-10,12H,11,13H2. The van der Waals surface area contributed by atoms with Gasteiger partial charge in [-0.15, -0.1) is 0 Å². The second kappa shape index (κ2) is 5.87. The zero-order chi connectivity index (χ0) is 19.5. The molecule has 6 heteroatoms. The van der Waals surface area contributed by atoms with Gasteiger partial charge in [0.15, 0.2) is 5.78 Å². The molecule has 2 aliphatic rings. The van der Waals surface area contributed by atoms with Crippen molar-refractivity contribution >= 4 is 21.7 Å². The van der Waals surface area contributed by atoms with Crippen LogP contribution in [-0.4, -0.2) is 31.0 Å². The van der Waals surface area contributed by atoms with Crippen molar-refractivity contribution in [2.45, 2.75) is 11.3 Å². The van der Waals surface area contributed by atoms with Crippen LogP contribution < -0.4 is 0 Å². The number of hydrogen-bond donors (Lipinski definition) is 0. The van der Waals surface area contributed by atoms with E-state index < -0.39 is 28.3 Å². The Bertz CT molecular complexity index is 1280. The highest BCUT2D eigenvalue weighted by molar-refractivity contribution is 7.90. The van der Waals surface area contributed by atoms with Crippen molar-refractivity contribution in [3.05, 3.63) is 89.0 Å². The van der Waals surface area contributed by atoms with Gasteiger partial charge in [0.25, 0.3) is 15.9 Å². The molecule has 0 spiro atoms. The average Bonchev–Trinajstić information content (AvgIpc) is 3.17. The van der Waals surface area contributed by atoms with Crippen molar-refractivity contribution < 1.29 is 18.0 Å². The van der Waals surface area contributed by atoms with Crippen LogP contribution in [0.3, 0.4) is 0 Å². The Kier molecular flexibility index (Phi) is 3.54. The number of benzene rings is 3. The van der Waals surface area contributed by atoms with E-state index in [1.54, 1.807) is 24.3 Å². The molecule has 1 aliphatic carbocycles. The first-order valence-electron chi connectivity index (χ1n) is 8.87. The number of amides is 1. The monoisotopic (exact) mass is 389 g/mol. The second-order valence-electron chi connectivity index (χ2n) is 6.94. The maximum atomic E-state index is 12.8. The normalized spacial score (nSPS) is 15.9. The van der Waals surface area contributed by atoms with E-state index in [1.807, 2.05) is 24.3 Å². The number of rotatable bonds is 3. The molecule has 5 nitrogen and oxygen atoms in total. The van der Waals surface area contributed by atoms with Gasteiger partial charge in [0.1, 0.15) is 11.4 Å². The molecule has 1 aliphatic heterocycles. The molecule has 0 N–H and O–H groups in total. The van der Waals surface area contributed by atoms with Crippen LogP contribution in [0.5, 0.6) is 0 Å². The Balaban J connectivity index is 1.48. The summed E-state index contributed by atoms with van der Waals surface area (Å²) < 4.78 is 26.0. The lowest BCUT2D eigenvalue weighted by Gasteiger charge is -2.14. The molecule has 5 rings (SSSR count). The Morgan fingerprint density at radius 1 is 0.857 bits per heavy atom. The Morgan fingerprint density at radius 2 is 1.54 bits per heavy atom. The highest BCUT2D eigenvalue weighted by atomic mass is 32.2. The van der Waals surface area contributed by atoms with Crippen LogP contribution >= 0.6 is 0 Å². The molecule has 0 atom stereocenters. The molecule has 0 saturated heterocycles. The van der Waals surface area contributed by atoms with Gasteiger partial charge in [-0.3, -0.25) is 9.59 Å². The molecule has 0 aromatic heterocycles. The Morgan fingerprint density at radius 3 is 2.32 bits per heavy atom. The highest BCUT2D eigenvalue weighted by Gasteiger charge is 2.41. The van der Waals surface area contributed by atoms with Crippen LogP contribution in [0.2, 0.25) is 0 Å². The second-order valence-corrected chi connectivity index (χ2v) is 8.77. The Hall–Kier alpha value is -3.25. The molecule has 1 amide bonds. The van der Waals surface area contributed by atoms with Crippen molar-refractivity contribution in [3.63, 3.8) is 0 Å². The fraction of sp³-hybridized carbons (Fsp3) is 0.0909. The van der Waals surface area contributed by atoms with Crippen molar-refractivity contribution in [2.24, 2.45) is 0 Å². The predicted octanol–water partition coefficient (Wildman–Crippen LogP) is 3.29. The first-order valence-corrected chi connectivity index (χ1v) is 10.3. The van der Waals surface area contributed by atoms with Crippen LogP contribution in [0.4, 0.5) is 0 Å². The summed E-state index contributed by atoms with van der Waals surface area (Å²) in [5.41, 5.74) is 4.92. The summed E-state index contributed by atoms with van der Waals surface area (Å²) in [6.07, 6.45) is 0.814. The SMILES string of the molecule is O=C(CN1C(=O)c2ccccc2S1(=O)=O)c1ccc2c(c1)-c1ccccc1C2. The summed E-state index contributed by atoms with van der Waals surface area (Å²) in [7, 11) is -4.00. The predicted molar refractivity (Wildman–Crippen MR) is 104 cm³/mol. The maximum absolute atomic E-state index is 12.8. The molecule has 138 valence electrons. The van der Waals surface area contributed by atoms with E-state index in [0.717, 1.165) is 23.1 Å². The van der Waals surface area contributed by atoms with Gasteiger partial charge in [-0.2, -0.15) is 0 Å². The number of ketones is 1. The third-order valence-corrected chi connectivity index (χ3v) is 7.11. The van der Waals surface area contributed by atoms with Gasteiger partial charge < -0.3 is 0 Å². The van der Waals surface area contributed by atoms with Crippen LogP contribution in [-0.2, 0) is 16.4 Å². The van der Waals surface area contributed by atoms with Crippen LogP contribution in [0, 0.1) is 0 Å². The number of sulfonamides is 1. The van der Waals surface area contributed by atoms with Crippen LogP contribution in [0.25, 0.3) is 11.1 Å². The summed E-state index contributed by atoms with van der Waals surface area (Å²) in [6, 6.07) is 19.4. The van der Waals surface area contributed by atoms with Crippen molar-refractivity contribution in [3.8, 4) is 11.1 Å². The van der Waals surface area contributed by atoms with E-state index in [-0.39, 0.29) is 10.5 Å². The Labute approximate surface area is 162 Å². The molecule has 0 unspecified atom stereocenters. The summed E-state index contributed by atoms with van der Waals surface area (Å²) in [6.45, 7) is -0.504. The van der Waals surface area contributed by atoms with Gasteiger partial charge in [-0.1, -0.05) is 48.5 Å². The summed E-state index contributed by atoms with van der Waals surface area (Å²) in [5, 5.41) is 0. The molecule has 28 heavy (non-hydrogen) atoms. The number of hydrogen-bond acceptors (Lipinski definition) is 4. The van der Waals surface area contributed by atoms with Gasteiger partial charge in [0.05, 0.1) is 5.56 Å². The quantitative estimate of drug-likeness (QED) is 0.504. The average molecular weight is 389 g/mol. The van der Waals surface area contributed by atoms with E-state index >= 15 is 0 Å². The van der Waals surface area contributed by atoms with Crippen LogP contribution in [0.1, 0.15) is 31.8 Å². The molecule has 0 radical (unpaired) electrons. The first kappa shape index (κ1) is 16.9.